The molecule has 11 heteroatoms. The Morgan fingerprint density at radius 1 is 1.18 bits per heavy atom. The van der Waals surface area contributed by atoms with Crippen molar-refractivity contribution < 1.29 is 18.3 Å². The van der Waals surface area contributed by atoms with Crippen LogP contribution in [0.15, 0.2) is 51.0 Å². The van der Waals surface area contributed by atoms with Crippen molar-refractivity contribution in [1.82, 2.24) is 14.8 Å². The van der Waals surface area contributed by atoms with E-state index in [-0.39, 0.29) is 38.8 Å². The van der Waals surface area contributed by atoms with E-state index in [0.29, 0.717) is 11.3 Å². The first-order valence-corrected chi connectivity index (χ1v) is 12.9. The lowest BCUT2D eigenvalue weighted by Crippen LogP contribution is -2.30. The van der Waals surface area contributed by atoms with Gasteiger partial charge in [-0.1, -0.05) is 30.9 Å². The summed E-state index contributed by atoms with van der Waals surface area (Å²) in [6, 6.07) is 7.06. The van der Waals surface area contributed by atoms with Crippen LogP contribution in [-0.4, -0.2) is 34.0 Å². The molecule has 180 valence electrons. The topological polar surface area (TPSA) is 131 Å². The van der Waals surface area contributed by atoms with Gasteiger partial charge < -0.3 is 9.84 Å². The highest BCUT2D eigenvalue weighted by Gasteiger charge is 2.26. The van der Waals surface area contributed by atoms with Crippen LogP contribution in [0.2, 0.25) is 5.02 Å². The average molecular weight is 506 g/mol. The number of H-pyrrole nitrogens is 1. The zero-order valence-corrected chi connectivity index (χ0v) is 20.0. The second kappa shape index (κ2) is 9.63. The number of halogens is 1. The van der Waals surface area contributed by atoms with Crippen LogP contribution in [-0.2, 0) is 9.84 Å². The van der Waals surface area contributed by atoms with Crippen LogP contribution >= 0.6 is 11.6 Å². The molecule has 0 spiro atoms. The molecule has 2 aromatic carbocycles. The molecule has 2 N–H and O–H groups in total. The Labute approximate surface area is 200 Å². The second-order valence-electron chi connectivity index (χ2n) is 8.44. The molecule has 0 amide bonds. The van der Waals surface area contributed by atoms with Crippen molar-refractivity contribution in [2.24, 2.45) is 5.92 Å². The molecule has 0 aliphatic heterocycles. The van der Waals surface area contributed by atoms with E-state index < -0.39 is 21.1 Å². The van der Waals surface area contributed by atoms with E-state index in [9.17, 15) is 23.1 Å². The second-order valence-corrected chi connectivity index (χ2v) is 10.9. The van der Waals surface area contributed by atoms with E-state index in [1.54, 1.807) is 13.0 Å². The summed E-state index contributed by atoms with van der Waals surface area (Å²) in [5.41, 5.74) is -0.478. The lowest BCUT2D eigenvalue weighted by Gasteiger charge is -2.21. The lowest BCUT2D eigenvalue weighted by molar-refractivity contribution is 0.384. The van der Waals surface area contributed by atoms with E-state index in [1.807, 2.05) is 0 Å². The quantitative estimate of drug-likeness (QED) is 0.521. The molecule has 0 radical (unpaired) electrons. The lowest BCUT2D eigenvalue weighted by atomic mass is 9.91. The van der Waals surface area contributed by atoms with Gasteiger partial charge in [-0.05, 0) is 55.5 Å². The molecule has 34 heavy (non-hydrogen) atoms. The minimum Gasteiger partial charge on any atom is -0.507 e. The SMILES string of the molecule is Cc1cc(-n2ncc(=O)[nH]c2=O)cc(Cl)c1Oc1ccc(O)c(S(=O)(=O)CC2CCCCC2)c1. The van der Waals surface area contributed by atoms with Gasteiger partial charge in [0.05, 0.1) is 16.5 Å². The fraction of sp³-hybridized carbons (Fsp3) is 0.348. The number of benzene rings is 2. The summed E-state index contributed by atoms with van der Waals surface area (Å²) in [6.45, 7) is 1.70. The minimum absolute atomic E-state index is 0.0145. The Hall–Kier alpha value is -3.11. The summed E-state index contributed by atoms with van der Waals surface area (Å²) < 4.78 is 32.9. The predicted molar refractivity (Wildman–Crippen MR) is 127 cm³/mol. The number of nitrogens with one attached hydrogen (secondary N) is 1. The third-order valence-corrected chi connectivity index (χ3v) is 8.03. The molecule has 0 bridgehead atoms. The molecular formula is C23H24ClN3O6S. The molecule has 1 aliphatic rings. The maximum absolute atomic E-state index is 13.0. The van der Waals surface area contributed by atoms with Gasteiger partial charge in [0.2, 0.25) is 0 Å². The largest absolute Gasteiger partial charge is 0.507 e. The maximum Gasteiger partial charge on any atom is 0.349 e. The molecular weight excluding hydrogens is 482 g/mol. The number of ether oxygens (including phenoxy) is 1. The highest BCUT2D eigenvalue weighted by molar-refractivity contribution is 7.91. The zero-order valence-electron chi connectivity index (χ0n) is 18.5. The number of phenolic OH excluding ortho intramolecular Hbond substituents is 1. The van der Waals surface area contributed by atoms with Crippen molar-refractivity contribution >= 4 is 21.4 Å². The molecule has 1 heterocycles. The van der Waals surface area contributed by atoms with Crippen LogP contribution in [0.1, 0.15) is 37.7 Å². The Morgan fingerprint density at radius 2 is 1.91 bits per heavy atom. The van der Waals surface area contributed by atoms with E-state index in [4.69, 9.17) is 16.3 Å². The first kappa shape index (κ1) is 24.0. The highest BCUT2D eigenvalue weighted by Crippen LogP contribution is 2.37. The summed E-state index contributed by atoms with van der Waals surface area (Å²) in [7, 11) is -3.71. The van der Waals surface area contributed by atoms with Crippen molar-refractivity contribution in [2.45, 2.75) is 43.9 Å². The van der Waals surface area contributed by atoms with Crippen LogP contribution in [0, 0.1) is 12.8 Å². The number of aromatic hydroxyl groups is 1. The summed E-state index contributed by atoms with van der Waals surface area (Å²) in [5.74, 6) is 0.183. The van der Waals surface area contributed by atoms with Crippen LogP contribution in [0.25, 0.3) is 5.69 Å². The number of rotatable bonds is 6. The van der Waals surface area contributed by atoms with Gasteiger partial charge in [-0.25, -0.2) is 13.2 Å². The molecule has 4 rings (SSSR count). The summed E-state index contributed by atoms with van der Waals surface area (Å²) in [6.07, 6.45) is 5.86. The van der Waals surface area contributed by atoms with Gasteiger partial charge in [0.25, 0.3) is 5.56 Å². The van der Waals surface area contributed by atoms with Crippen molar-refractivity contribution in [2.75, 3.05) is 5.75 Å². The van der Waals surface area contributed by atoms with Gasteiger partial charge >= 0.3 is 5.69 Å². The number of sulfone groups is 1. The highest BCUT2D eigenvalue weighted by atomic mass is 35.5. The van der Waals surface area contributed by atoms with Gasteiger partial charge in [0.1, 0.15) is 28.3 Å². The molecule has 3 aromatic rings. The minimum atomic E-state index is -3.71. The van der Waals surface area contributed by atoms with Gasteiger partial charge in [0, 0.05) is 6.07 Å². The number of hydrogen-bond acceptors (Lipinski definition) is 7. The third-order valence-electron chi connectivity index (χ3n) is 5.84. The fourth-order valence-electron chi connectivity index (χ4n) is 4.18. The van der Waals surface area contributed by atoms with Crippen LogP contribution in [0.5, 0.6) is 17.2 Å². The zero-order chi connectivity index (χ0) is 24.5. The first-order chi connectivity index (χ1) is 16.1. The average Bonchev–Trinajstić information content (AvgIpc) is 2.77. The molecule has 0 unspecified atom stereocenters. The number of aryl methyl sites for hydroxylation is 1. The van der Waals surface area contributed by atoms with E-state index >= 15 is 0 Å². The number of aromatic nitrogens is 3. The normalized spacial score (nSPS) is 14.8. The molecule has 0 saturated heterocycles. The maximum atomic E-state index is 13.0. The summed E-state index contributed by atoms with van der Waals surface area (Å²) >= 11 is 6.40. The van der Waals surface area contributed by atoms with E-state index in [1.165, 1.54) is 24.3 Å². The molecule has 1 aromatic heterocycles. The van der Waals surface area contributed by atoms with E-state index in [0.717, 1.165) is 43.0 Å². The van der Waals surface area contributed by atoms with E-state index in [2.05, 4.69) is 10.1 Å². The molecule has 1 aliphatic carbocycles. The van der Waals surface area contributed by atoms with Crippen molar-refractivity contribution in [3.05, 3.63) is 68.0 Å². The first-order valence-electron chi connectivity index (χ1n) is 10.9. The molecule has 0 atom stereocenters. The number of hydrogen-bond donors (Lipinski definition) is 2. The monoisotopic (exact) mass is 505 g/mol. The number of aromatic amines is 1. The molecule has 9 nitrogen and oxygen atoms in total. The molecule has 1 saturated carbocycles. The van der Waals surface area contributed by atoms with Crippen LogP contribution in [0.4, 0.5) is 0 Å². The summed E-state index contributed by atoms with van der Waals surface area (Å²) in [5, 5.41) is 14.2. The van der Waals surface area contributed by atoms with Gasteiger partial charge in [0.15, 0.2) is 9.84 Å². The Bertz CT molecular complexity index is 1420. The summed E-state index contributed by atoms with van der Waals surface area (Å²) in [4.78, 5) is 25.2. The van der Waals surface area contributed by atoms with Crippen molar-refractivity contribution in [1.29, 1.82) is 0 Å². The fourth-order valence-corrected chi connectivity index (χ4v) is 6.30. The Kier molecular flexibility index (Phi) is 6.81. The Balaban J connectivity index is 1.63. The smallest absolute Gasteiger partial charge is 0.349 e. The number of phenols is 1. The van der Waals surface area contributed by atoms with Crippen molar-refractivity contribution in [3.8, 4) is 22.9 Å². The third kappa shape index (κ3) is 5.18. The van der Waals surface area contributed by atoms with Gasteiger partial charge in [-0.3, -0.25) is 9.78 Å². The van der Waals surface area contributed by atoms with Gasteiger partial charge in [-0.15, -0.1) is 0 Å². The van der Waals surface area contributed by atoms with Crippen molar-refractivity contribution in [3.63, 3.8) is 0 Å². The molecule has 1 fully saturated rings. The van der Waals surface area contributed by atoms with Crippen LogP contribution < -0.4 is 16.0 Å². The Morgan fingerprint density at radius 3 is 2.59 bits per heavy atom. The standard InChI is InChI=1S/C23H24ClN3O6S/c1-14-9-16(27-23(30)26-21(29)12-25-27)10-18(24)22(14)33-17-7-8-19(28)20(11-17)34(31,32)13-15-5-3-2-4-6-15/h7-12,15,28H,2-6,13H2,1H3,(H,26,29,30). The number of nitrogens with zero attached hydrogens (tertiary/aromatic N) is 2. The van der Waals surface area contributed by atoms with Gasteiger partial charge in [-0.2, -0.15) is 9.78 Å². The van der Waals surface area contributed by atoms with Crippen LogP contribution in [0.3, 0.4) is 0 Å². The predicted octanol–water partition coefficient (Wildman–Crippen LogP) is 3.73.